The van der Waals surface area contributed by atoms with Crippen LogP contribution >= 0.6 is 0 Å². The van der Waals surface area contributed by atoms with Crippen molar-refractivity contribution in [1.29, 1.82) is 0 Å². The minimum absolute atomic E-state index is 0.221. The van der Waals surface area contributed by atoms with Crippen LogP contribution in [0.3, 0.4) is 0 Å². The average Bonchev–Trinajstić information content (AvgIpc) is 3.18. The van der Waals surface area contributed by atoms with Gasteiger partial charge < -0.3 is 18.9 Å². The maximum absolute atomic E-state index is 12.3. The summed E-state index contributed by atoms with van der Waals surface area (Å²) in [6.45, 7) is 6.17. The third kappa shape index (κ3) is 3.29. The SMILES string of the molecule is C=CCOc1cc(C(=O)NCc2ccc(C)o2)cc2occc12. The number of aryl methyl sites for hydroxylation is 1. The quantitative estimate of drug-likeness (QED) is 0.703. The van der Waals surface area contributed by atoms with Gasteiger partial charge in [-0.05, 0) is 37.3 Å². The summed E-state index contributed by atoms with van der Waals surface area (Å²) in [6.07, 6.45) is 3.22. The molecule has 23 heavy (non-hydrogen) atoms. The van der Waals surface area contributed by atoms with E-state index in [0.29, 0.717) is 35.8 Å². The molecule has 118 valence electrons. The number of carbonyl (C=O) groups is 1. The average molecular weight is 311 g/mol. The van der Waals surface area contributed by atoms with Gasteiger partial charge in [0.25, 0.3) is 5.91 Å². The highest BCUT2D eigenvalue weighted by atomic mass is 16.5. The van der Waals surface area contributed by atoms with Gasteiger partial charge in [0.1, 0.15) is 29.5 Å². The number of nitrogens with one attached hydrogen (secondary N) is 1. The molecule has 3 aromatic rings. The van der Waals surface area contributed by atoms with Crippen LogP contribution in [-0.4, -0.2) is 12.5 Å². The molecule has 1 amide bonds. The number of hydrogen-bond acceptors (Lipinski definition) is 4. The van der Waals surface area contributed by atoms with Gasteiger partial charge in [-0.25, -0.2) is 0 Å². The third-order valence-corrected chi connectivity index (χ3v) is 3.37. The Bertz CT molecular complexity index is 844. The number of ether oxygens (including phenoxy) is 1. The standard InChI is InChI=1S/C18H17NO4/c1-3-7-21-16-9-13(10-17-15(16)6-8-22-17)18(20)19-11-14-5-4-12(2)23-14/h3-6,8-10H,1,7,11H2,2H3,(H,19,20). The van der Waals surface area contributed by atoms with E-state index in [-0.39, 0.29) is 5.91 Å². The number of rotatable bonds is 6. The van der Waals surface area contributed by atoms with Crippen molar-refractivity contribution in [3.63, 3.8) is 0 Å². The van der Waals surface area contributed by atoms with Crippen molar-refractivity contribution in [2.45, 2.75) is 13.5 Å². The summed E-state index contributed by atoms with van der Waals surface area (Å²) in [5.41, 5.74) is 1.07. The van der Waals surface area contributed by atoms with Gasteiger partial charge >= 0.3 is 0 Å². The first-order chi connectivity index (χ1) is 11.2. The van der Waals surface area contributed by atoms with Gasteiger partial charge in [-0.1, -0.05) is 12.7 Å². The van der Waals surface area contributed by atoms with Crippen molar-refractivity contribution < 1.29 is 18.4 Å². The molecular weight excluding hydrogens is 294 g/mol. The molecule has 0 saturated carbocycles. The normalized spacial score (nSPS) is 10.7. The molecule has 2 aromatic heterocycles. The maximum atomic E-state index is 12.3. The molecule has 0 fully saturated rings. The predicted octanol–water partition coefficient (Wildman–Crippen LogP) is 3.83. The Labute approximate surface area is 133 Å². The first kappa shape index (κ1) is 15.0. The minimum atomic E-state index is -0.221. The second-order valence-corrected chi connectivity index (χ2v) is 5.10. The lowest BCUT2D eigenvalue weighted by Crippen LogP contribution is -2.22. The van der Waals surface area contributed by atoms with Gasteiger partial charge in [-0.2, -0.15) is 0 Å². The maximum Gasteiger partial charge on any atom is 0.251 e. The fraction of sp³-hybridized carbons (Fsp3) is 0.167. The molecule has 0 saturated heterocycles. The zero-order valence-corrected chi connectivity index (χ0v) is 12.8. The summed E-state index contributed by atoms with van der Waals surface area (Å²) < 4.78 is 16.4. The Kier molecular flexibility index (Phi) is 4.19. The molecule has 0 aliphatic rings. The van der Waals surface area contributed by atoms with Gasteiger partial charge in [0.05, 0.1) is 18.2 Å². The van der Waals surface area contributed by atoms with E-state index in [4.69, 9.17) is 13.6 Å². The molecule has 2 heterocycles. The molecule has 5 heteroatoms. The lowest BCUT2D eigenvalue weighted by molar-refractivity contribution is 0.0947. The highest BCUT2D eigenvalue weighted by Gasteiger charge is 2.13. The first-order valence-electron chi connectivity index (χ1n) is 7.26. The number of amides is 1. The van der Waals surface area contributed by atoms with Gasteiger partial charge in [-0.15, -0.1) is 0 Å². The second-order valence-electron chi connectivity index (χ2n) is 5.10. The number of carbonyl (C=O) groups excluding carboxylic acids is 1. The van der Waals surface area contributed by atoms with Crippen molar-refractivity contribution in [2.75, 3.05) is 6.61 Å². The summed E-state index contributed by atoms with van der Waals surface area (Å²) in [7, 11) is 0. The van der Waals surface area contributed by atoms with E-state index in [1.165, 1.54) is 0 Å². The van der Waals surface area contributed by atoms with Gasteiger partial charge in [-0.3, -0.25) is 4.79 Å². The van der Waals surface area contributed by atoms with Crippen LogP contribution in [0.2, 0.25) is 0 Å². The number of hydrogen-bond donors (Lipinski definition) is 1. The Morgan fingerprint density at radius 1 is 1.35 bits per heavy atom. The minimum Gasteiger partial charge on any atom is -0.489 e. The summed E-state index contributed by atoms with van der Waals surface area (Å²) in [5, 5.41) is 3.64. The second kappa shape index (κ2) is 6.44. The molecule has 5 nitrogen and oxygen atoms in total. The predicted molar refractivity (Wildman–Crippen MR) is 86.5 cm³/mol. The largest absolute Gasteiger partial charge is 0.489 e. The molecule has 0 radical (unpaired) electrons. The van der Waals surface area contributed by atoms with E-state index < -0.39 is 0 Å². The summed E-state index contributed by atoms with van der Waals surface area (Å²) >= 11 is 0. The highest BCUT2D eigenvalue weighted by molar-refractivity contribution is 5.99. The van der Waals surface area contributed by atoms with Crippen LogP contribution in [0.15, 0.2) is 58.1 Å². The van der Waals surface area contributed by atoms with E-state index in [0.717, 1.165) is 11.1 Å². The third-order valence-electron chi connectivity index (χ3n) is 3.37. The topological polar surface area (TPSA) is 64.6 Å². The van der Waals surface area contributed by atoms with E-state index in [2.05, 4.69) is 11.9 Å². The molecule has 0 bridgehead atoms. The molecular formula is C18H17NO4. The Morgan fingerprint density at radius 2 is 2.22 bits per heavy atom. The highest BCUT2D eigenvalue weighted by Crippen LogP contribution is 2.28. The van der Waals surface area contributed by atoms with Crippen LogP contribution in [0.25, 0.3) is 11.0 Å². The Hall–Kier alpha value is -2.95. The smallest absolute Gasteiger partial charge is 0.251 e. The van der Waals surface area contributed by atoms with Crippen molar-refractivity contribution in [3.05, 3.63) is 66.3 Å². The van der Waals surface area contributed by atoms with Crippen LogP contribution in [0.1, 0.15) is 21.9 Å². The fourth-order valence-corrected chi connectivity index (χ4v) is 2.29. The molecule has 0 aliphatic heterocycles. The lowest BCUT2D eigenvalue weighted by atomic mass is 10.1. The molecule has 3 rings (SSSR count). The number of benzene rings is 1. The molecule has 0 spiro atoms. The van der Waals surface area contributed by atoms with Crippen LogP contribution in [0, 0.1) is 6.92 Å². The first-order valence-corrected chi connectivity index (χ1v) is 7.26. The van der Waals surface area contributed by atoms with Crippen molar-refractivity contribution in [2.24, 2.45) is 0 Å². The Morgan fingerprint density at radius 3 is 2.96 bits per heavy atom. The monoisotopic (exact) mass is 311 g/mol. The molecule has 0 unspecified atom stereocenters. The van der Waals surface area contributed by atoms with Gasteiger partial charge in [0, 0.05) is 5.56 Å². The molecule has 1 aromatic carbocycles. The van der Waals surface area contributed by atoms with E-state index in [9.17, 15) is 4.79 Å². The van der Waals surface area contributed by atoms with Crippen LogP contribution < -0.4 is 10.1 Å². The number of furan rings is 2. The summed E-state index contributed by atoms with van der Waals surface area (Å²) in [4.78, 5) is 12.3. The van der Waals surface area contributed by atoms with Crippen LogP contribution in [0.5, 0.6) is 5.75 Å². The van der Waals surface area contributed by atoms with E-state index in [1.54, 1.807) is 30.5 Å². The number of fused-ring (bicyclic) bond motifs is 1. The lowest BCUT2D eigenvalue weighted by Gasteiger charge is -2.08. The molecule has 1 N–H and O–H groups in total. The zero-order chi connectivity index (χ0) is 16.2. The van der Waals surface area contributed by atoms with E-state index in [1.807, 2.05) is 19.1 Å². The Balaban J connectivity index is 1.80. The molecule has 0 aliphatic carbocycles. The zero-order valence-electron chi connectivity index (χ0n) is 12.8. The van der Waals surface area contributed by atoms with Crippen molar-refractivity contribution in [3.8, 4) is 5.75 Å². The van der Waals surface area contributed by atoms with Crippen LogP contribution in [0.4, 0.5) is 0 Å². The van der Waals surface area contributed by atoms with E-state index >= 15 is 0 Å². The van der Waals surface area contributed by atoms with Gasteiger partial charge in [0.15, 0.2) is 0 Å². The van der Waals surface area contributed by atoms with Crippen molar-refractivity contribution >= 4 is 16.9 Å². The fourth-order valence-electron chi connectivity index (χ4n) is 2.29. The van der Waals surface area contributed by atoms with Gasteiger partial charge in [0.2, 0.25) is 0 Å². The van der Waals surface area contributed by atoms with Crippen LogP contribution in [-0.2, 0) is 6.54 Å². The summed E-state index contributed by atoms with van der Waals surface area (Å²) in [6, 6.07) is 8.89. The summed E-state index contributed by atoms with van der Waals surface area (Å²) in [5.74, 6) is 1.89. The molecule has 0 atom stereocenters. The van der Waals surface area contributed by atoms with Crippen molar-refractivity contribution in [1.82, 2.24) is 5.32 Å².